The highest BCUT2D eigenvalue weighted by Crippen LogP contribution is 2.37. The summed E-state index contributed by atoms with van der Waals surface area (Å²) in [6.07, 6.45) is 6.75. The fourth-order valence-electron chi connectivity index (χ4n) is 2.63. The molecule has 180 valence electrons. The highest BCUT2D eigenvalue weighted by atomic mass is 19.2. The van der Waals surface area contributed by atoms with Gasteiger partial charge in [-0.3, -0.25) is 0 Å². The van der Waals surface area contributed by atoms with Crippen molar-refractivity contribution in [2.45, 2.75) is 46.0 Å². The van der Waals surface area contributed by atoms with Crippen LogP contribution in [0.4, 0.5) is 43.9 Å². The molecule has 1 nitrogen and oxygen atoms in total. The van der Waals surface area contributed by atoms with Gasteiger partial charge in [0.1, 0.15) is 0 Å². The highest BCUT2D eigenvalue weighted by Gasteiger charge is 2.34. The summed E-state index contributed by atoms with van der Waals surface area (Å²) in [6.45, 7) is 6.86. The standard InChI is InChI=1S/C12F10.C9H21N/c13-3-1(4(14)8(18)11(21)7(3)17)2-5(15)9(19)12(22)10(20)6(2)16;1-3-5-6-7-9-10-8-4-2/h;10H,3-9H2,1-2H3. The fraction of sp³-hybridized carbons (Fsp3) is 0.429. The van der Waals surface area contributed by atoms with Crippen molar-refractivity contribution in [3.05, 3.63) is 58.2 Å². The number of benzene rings is 2. The van der Waals surface area contributed by atoms with Gasteiger partial charge in [0, 0.05) is 0 Å². The van der Waals surface area contributed by atoms with Gasteiger partial charge < -0.3 is 5.32 Å². The van der Waals surface area contributed by atoms with Gasteiger partial charge in [-0.25, -0.2) is 43.9 Å². The third-order valence-corrected chi connectivity index (χ3v) is 4.30. The molecule has 2 aromatic rings. The molecule has 0 bridgehead atoms. The number of rotatable bonds is 8. The molecule has 0 aliphatic carbocycles. The van der Waals surface area contributed by atoms with Gasteiger partial charge in [0.25, 0.3) is 0 Å². The van der Waals surface area contributed by atoms with E-state index in [1.54, 1.807) is 0 Å². The molecule has 0 aromatic heterocycles. The van der Waals surface area contributed by atoms with Crippen LogP contribution in [0.1, 0.15) is 46.0 Å². The van der Waals surface area contributed by atoms with Crippen LogP contribution < -0.4 is 5.32 Å². The summed E-state index contributed by atoms with van der Waals surface area (Å²) in [5.41, 5.74) is -4.52. The average Bonchev–Trinajstić information content (AvgIpc) is 2.78. The highest BCUT2D eigenvalue weighted by molar-refractivity contribution is 5.67. The van der Waals surface area contributed by atoms with E-state index < -0.39 is 69.3 Å². The Hall–Kier alpha value is -2.30. The lowest BCUT2D eigenvalue weighted by Crippen LogP contribution is -2.15. The zero-order valence-corrected chi connectivity index (χ0v) is 17.2. The van der Waals surface area contributed by atoms with Crippen LogP contribution in [0.25, 0.3) is 11.1 Å². The summed E-state index contributed by atoms with van der Waals surface area (Å²) in [6, 6.07) is 0. The van der Waals surface area contributed by atoms with Gasteiger partial charge in [-0.15, -0.1) is 0 Å². The lowest BCUT2D eigenvalue weighted by molar-refractivity contribution is 0.370. The first-order valence-electron chi connectivity index (χ1n) is 9.76. The van der Waals surface area contributed by atoms with E-state index in [0.717, 1.165) is 0 Å². The second kappa shape index (κ2) is 12.7. The van der Waals surface area contributed by atoms with Crippen LogP contribution in [-0.2, 0) is 0 Å². The van der Waals surface area contributed by atoms with Gasteiger partial charge in [0.05, 0.1) is 11.1 Å². The second-order valence-corrected chi connectivity index (χ2v) is 6.70. The first-order valence-corrected chi connectivity index (χ1v) is 9.76. The number of unbranched alkanes of at least 4 members (excludes halogenated alkanes) is 3. The Kier molecular flexibility index (Phi) is 11.0. The molecule has 0 spiro atoms. The Labute approximate surface area is 178 Å². The van der Waals surface area contributed by atoms with Crippen molar-refractivity contribution < 1.29 is 43.9 Å². The molecule has 0 radical (unpaired) electrons. The molecule has 0 aliphatic heterocycles. The maximum atomic E-state index is 13.4. The summed E-state index contributed by atoms with van der Waals surface area (Å²) >= 11 is 0. The molecule has 0 unspecified atom stereocenters. The van der Waals surface area contributed by atoms with Gasteiger partial charge in [0.15, 0.2) is 46.5 Å². The molecule has 0 saturated carbocycles. The Bertz CT molecular complexity index is 796. The van der Waals surface area contributed by atoms with Crippen LogP contribution in [0.5, 0.6) is 0 Å². The molecular weight excluding hydrogens is 456 g/mol. The van der Waals surface area contributed by atoms with Gasteiger partial charge >= 0.3 is 0 Å². The first kappa shape index (κ1) is 27.7. The minimum Gasteiger partial charge on any atom is -0.317 e. The summed E-state index contributed by atoms with van der Waals surface area (Å²) in [4.78, 5) is 0. The van der Waals surface area contributed by atoms with Crippen LogP contribution in [-0.4, -0.2) is 13.1 Å². The number of nitrogens with one attached hydrogen (secondary N) is 1. The van der Waals surface area contributed by atoms with Crippen molar-refractivity contribution in [2.75, 3.05) is 13.1 Å². The van der Waals surface area contributed by atoms with E-state index >= 15 is 0 Å². The Morgan fingerprint density at radius 3 is 1.06 bits per heavy atom. The Balaban J connectivity index is 0.000000433. The normalized spacial score (nSPS) is 10.9. The summed E-state index contributed by atoms with van der Waals surface area (Å²) in [5, 5.41) is 3.39. The number of hydrogen-bond donors (Lipinski definition) is 1. The first-order chi connectivity index (χ1) is 15.0. The lowest BCUT2D eigenvalue weighted by Gasteiger charge is -2.11. The van der Waals surface area contributed by atoms with Crippen molar-refractivity contribution in [1.29, 1.82) is 0 Å². The Morgan fingerprint density at radius 2 is 0.750 bits per heavy atom. The molecule has 2 aromatic carbocycles. The van der Waals surface area contributed by atoms with Crippen LogP contribution in [0.3, 0.4) is 0 Å². The van der Waals surface area contributed by atoms with E-state index in [1.165, 1.54) is 45.2 Å². The minimum absolute atomic E-state index is 1.19. The quantitative estimate of drug-likeness (QED) is 0.182. The number of hydrogen-bond acceptors (Lipinski definition) is 1. The molecule has 0 amide bonds. The summed E-state index contributed by atoms with van der Waals surface area (Å²) < 4.78 is 131. The van der Waals surface area contributed by atoms with Crippen LogP contribution in [0, 0.1) is 58.2 Å². The maximum absolute atomic E-state index is 13.4. The van der Waals surface area contributed by atoms with Crippen molar-refractivity contribution in [1.82, 2.24) is 5.32 Å². The third-order valence-electron chi connectivity index (χ3n) is 4.30. The predicted molar refractivity (Wildman–Crippen MR) is 98.8 cm³/mol. The molecule has 0 aliphatic rings. The van der Waals surface area contributed by atoms with Crippen molar-refractivity contribution >= 4 is 0 Å². The van der Waals surface area contributed by atoms with Gasteiger partial charge in [-0.2, -0.15) is 0 Å². The summed E-state index contributed by atoms with van der Waals surface area (Å²) in [7, 11) is 0. The molecule has 2 rings (SSSR count). The smallest absolute Gasteiger partial charge is 0.200 e. The zero-order valence-electron chi connectivity index (χ0n) is 17.2. The van der Waals surface area contributed by atoms with Crippen LogP contribution >= 0.6 is 0 Å². The van der Waals surface area contributed by atoms with E-state index in [4.69, 9.17) is 0 Å². The van der Waals surface area contributed by atoms with Crippen molar-refractivity contribution in [3.8, 4) is 11.1 Å². The lowest BCUT2D eigenvalue weighted by atomic mass is 10.0. The molecular formula is C21H21F10N. The minimum atomic E-state index is -2.68. The van der Waals surface area contributed by atoms with E-state index in [9.17, 15) is 43.9 Å². The van der Waals surface area contributed by atoms with Gasteiger partial charge in [0.2, 0.25) is 11.6 Å². The molecule has 0 fully saturated rings. The second-order valence-electron chi connectivity index (χ2n) is 6.70. The fourth-order valence-corrected chi connectivity index (χ4v) is 2.63. The van der Waals surface area contributed by atoms with E-state index in [0.29, 0.717) is 0 Å². The summed E-state index contributed by atoms with van der Waals surface area (Å²) in [5.74, 6) is -26.6. The van der Waals surface area contributed by atoms with E-state index in [2.05, 4.69) is 19.2 Å². The van der Waals surface area contributed by atoms with Crippen LogP contribution in [0.15, 0.2) is 0 Å². The molecule has 0 atom stereocenters. The molecule has 11 heteroatoms. The molecule has 1 N–H and O–H groups in total. The van der Waals surface area contributed by atoms with E-state index in [1.807, 2.05) is 0 Å². The zero-order chi connectivity index (χ0) is 24.6. The third kappa shape index (κ3) is 6.14. The largest absolute Gasteiger partial charge is 0.317 e. The SMILES string of the molecule is CCCCCCNCCC.Fc1c(F)c(F)c(-c2c(F)c(F)c(F)c(F)c2F)c(F)c1F. The number of halogens is 10. The topological polar surface area (TPSA) is 12.0 Å². The average molecular weight is 477 g/mol. The van der Waals surface area contributed by atoms with Gasteiger partial charge in [-0.05, 0) is 25.9 Å². The molecule has 0 saturated heterocycles. The molecule has 32 heavy (non-hydrogen) atoms. The molecule has 0 heterocycles. The monoisotopic (exact) mass is 477 g/mol. The van der Waals surface area contributed by atoms with Crippen molar-refractivity contribution in [2.24, 2.45) is 0 Å². The maximum Gasteiger partial charge on any atom is 0.200 e. The Morgan fingerprint density at radius 1 is 0.406 bits per heavy atom. The van der Waals surface area contributed by atoms with Gasteiger partial charge in [-0.1, -0.05) is 33.1 Å². The predicted octanol–water partition coefficient (Wildman–Crippen LogP) is 7.31. The van der Waals surface area contributed by atoms with E-state index in [-0.39, 0.29) is 0 Å². The van der Waals surface area contributed by atoms with Crippen LogP contribution in [0.2, 0.25) is 0 Å². The van der Waals surface area contributed by atoms with Crippen molar-refractivity contribution in [3.63, 3.8) is 0 Å².